The molecule has 0 aromatic carbocycles. The molecule has 8 heteroatoms. The lowest BCUT2D eigenvalue weighted by Crippen LogP contribution is -2.48. The SMILES string of the molecule is Cc1ncc(F)c2c1CC(CNC1CC(C3CN(C4=CNCC=N4)C(=O)O3)C1)C2. The molecule has 3 heterocycles. The highest BCUT2D eigenvalue weighted by molar-refractivity contribution is 5.73. The van der Waals surface area contributed by atoms with Crippen LogP contribution in [-0.2, 0) is 17.6 Å². The minimum Gasteiger partial charge on any atom is -0.444 e. The summed E-state index contributed by atoms with van der Waals surface area (Å²) < 4.78 is 19.6. The van der Waals surface area contributed by atoms with E-state index in [4.69, 9.17) is 4.74 Å². The van der Waals surface area contributed by atoms with E-state index in [9.17, 15) is 9.18 Å². The van der Waals surface area contributed by atoms with Crippen LogP contribution in [0.2, 0.25) is 0 Å². The molecule has 154 valence electrons. The van der Waals surface area contributed by atoms with Gasteiger partial charge in [0.1, 0.15) is 11.9 Å². The molecule has 1 amide bonds. The summed E-state index contributed by atoms with van der Waals surface area (Å²) in [5, 5.41) is 6.70. The molecule has 5 rings (SSSR count). The molecular formula is C21H26FN5O2. The van der Waals surface area contributed by atoms with Gasteiger partial charge in [0, 0.05) is 36.6 Å². The number of aliphatic imine (C=N–C) groups is 1. The summed E-state index contributed by atoms with van der Waals surface area (Å²) in [6.45, 7) is 4.08. The number of cyclic esters (lactones) is 1. The molecule has 1 aromatic heterocycles. The Labute approximate surface area is 169 Å². The van der Waals surface area contributed by atoms with Gasteiger partial charge in [-0.2, -0.15) is 0 Å². The van der Waals surface area contributed by atoms with Crippen molar-refractivity contribution >= 4 is 12.3 Å². The fourth-order valence-corrected chi connectivity index (χ4v) is 4.87. The van der Waals surface area contributed by atoms with Crippen LogP contribution in [0.15, 0.2) is 23.2 Å². The maximum absolute atomic E-state index is 14.0. The number of carbonyl (C=O) groups is 1. The minimum atomic E-state index is -0.312. The number of hydrogen-bond donors (Lipinski definition) is 2. The largest absolute Gasteiger partial charge is 0.444 e. The zero-order valence-corrected chi connectivity index (χ0v) is 16.5. The fraction of sp³-hybridized carbons (Fsp3) is 0.571. The van der Waals surface area contributed by atoms with Crippen molar-refractivity contribution in [2.75, 3.05) is 19.6 Å². The third-order valence-corrected chi connectivity index (χ3v) is 6.62. The second-order valence-corrected chi connectivity index (χ2v) is 8.51. The van der Waals surface area contributed by atoms with Crippen molar-refractivity contribution in [1.82, 2.24) is 20.5 Å². The van der Waals surface area contributed by atoms with Crippen molar-refractivity contribution in [2.45, 2.75) is 44.8 Å². The molecule has 2 N–H and O–H groups in total. The average Bonchev–Trinajstić information content (AvgIpc) is 3.29. The number of ether oxygens (including phenoxy) is 1. The topological polar surface area (TPSA) is 78.9 Å². The molecular weight excluding hydrogens is 373 g/mol. The Hall–Kier alpha value is -2.48. The van der Waals surface area contributed by atoms with Crippen LogP contribution in [0.1, 0.15) is 29.7 Å². The number of aryl methyl sites for hydroxylation is 1. The number of carbonyl (C=O) groups excluding carboxylic acids is 1. The van der Waals surface area contributed by atoms with Gasteiger partial charge < -0.3 is 15.4 Å². The lowest BCUT2D eigenvalue weighted by atomic mass is 9.76. The number of pyridine rings is 1. The standard InChI is InChI=1S/C21H26FN5O2/c1-12-16-4-13(5-17(16)18(22)9-25-12)8-26-15-6-14(7-15)19-11-27(21(28)29-19)20-10-23-2-3-24-20/h3,9-10,13-15,19,23,26H,2,4-8,11H2,1H3. The third-order valence-electron chi connectivity index (χ3n) is 6.62. The number of fused-ring (bicyclic) bond motifs is 1. The van der Waals surface area contributed by atoms with Crippen LogP contribution < -0.4 is 10.6 Å². The first-order valence-electron chi connectivity index (χ1n) is 10.4. The molecule has 2 atom stereocenters. The highest BCUT2D eigenvalue weighted by atomic mass is 19.1. The van der Waals surface area contributed by atoms with Gasteiger partial charge in [0.2, 0.25) is 0 Å². The van der Waals surface area contributed by atoms with Crippen LogP contribution in [0.25, 0.3) is 0 Å². The van der Waals surface area contributed by atoms with Crippen molar-refractivity contribution in [3.63, 3.8) is 0 Å². The van der Waals surface area contributed by atoms with Crippen LogP contribution in [-0.4, -0.2) is 54.0 Å². The molecule has 0 radical (unpaired) electrons. The van der Waals surface area contributed by atoms with E-state index < -0.39 is 0 Å². The molecule has 2 fully saturated rings. The zero-order valence-electron chi connectivity index (χ0n) is 16.5. The molecule has 1 aromatic rings. The summed E-state index contributed by atoms with van der Waals surface area (Å²) in [6, 6.07) is 0.439. The van der Waals surface area contributed by atoms with Crippen molar-refractivity contribution in [3.8, 4) is 0 Å². The van der Waals surface area contributed by atoms with E-state index in [0.29, 0.717) is 36.8 Å². The van der Waals surface area contributed by atoms with E-state index in [2.05, 4.69) is 20.6 Å². The summed E-state index contributed by atoms with van der Waals surface area (Å²) >= 11 is 0. The molecule has 29 heavy (non-hydrogen) atoms. The summed E-state index contributed by atoms with van der Waals surface area (Å²) in [5.41, 5.74) is 2.89. The number of amides is 1. The fourth-order valence-electron chi connectivity index (χ4n) is 4.87. The van der Waals surface area contributed by atoms with E-state index in [1.807, 2.05) is 6.92 Å². The van der Waals surface area contributed by atoms with Gasteiger partial charge in [-0.3, -0.25) is 9.88 Å². The van der Waals surface area contributed by atoms with Crippen LogP contribution in [0.5, 0.6) is 0 Å². The molecule has 0 bridgehead atoms. The number of rotatable bonds is 5. The van der Waals surface area contributed by atoms with E-state index in [-0.39, 0.29) is 18.0 Å². The zero-order chi connectivity index (χ0) is 20.0. The van der Waals surface area contributed by atoms with Gasteiger partial charge in [-0.05, 0) is 56.2 Å². The van der Waals surface area contributed by atoms with Gasteiger partial charge in [0.15, 0.2) is 5.82 Å². The van der Waals surface area contributed by atoms with Crippen LogP contribution in [0.3, 0.4) is 0 Å². The number of aromatic nitrogens is 1. The normalized spacial score (nSPS) is 30.5. The van der Waals surface area contributed by atoms with Crippen molar-refractivity contribution < 1.29 is 13.9 Å². The first kappa shape index (κ1) is 18.5. The lowest BCUT2D eigenvalue weighted by Gasteiger charge is -2.39. The van der Waals surface area contributed by atoms with E-state index >= 15 is 0 Å². The molecule has 2 unspecified atom stereocenters. The Kier molecular flexibility index (Phi) is 4.73. The number of hydrogen-bond acceptors (Lipinski definition) is 6. The summed E-state index contributed by atoms with van der Waals surface area (Å²) in [5.74, 6) is 1.25. The predicted octanol–water partition coefficient (Wildman–Crippen LogP) is 1.91. The molecule has 7 nitrogen and oxygen atoms in total. The van der Waals surface area contributed by atoms with Crippen LogP contribution in [0.4, 0.5) is 9.18 Å². The maximum Gasteiger partial charge on any atom is 0.416 e. The summed E-state index contributed by atoms with van der Waals surface area (Å²) in [7, 11) is 0. The van der Waals surface area contributed by atoms with Gasteiger partial charge in [-0.25, -0.2) is 14.2 Å². The van der Waals surface area contributed by atoms with Crippen LogP contribution in [0, 0.1) is 24.6 Å². The third kappa shape index (κ3) is 3.50. The Morgan fingerprint density at radius 2 is 2.17 bits per heavy atom. The first-order valence-corrected chi connectivity index (χ1v) is 10.4. The van der Waals surface area contributed by atoms with E-state index in [0.717, 1.165) is 49.0 Å². The molecule has 2 aliphatic carbocycles. The number of nitrogens with zero attached hydrogens (tertiary/aromatic N) is 3. The number of halogens is 1. The maximum atomic E-state index is 14.0. The average molecular weight is 399 g/mol. The van der Waals surface area contributed by atoms with Gasteiger partial charge in [-0.1, -0.05) is 0 Å². The molecule has 4 aliphatic rings. The number of nitrogens with one attached hydrogen (secondary N) is 2. The smallest absolute Gasteiger partial charge is 0.416 e. The Balaban J connectivity index is 1.08. The summed E-state index contributed by atoms with van der Waals surface area (Å²) in [6.07, 6.45) is 8.16. The van der Waals surface area contributed by atoms with Crippen LogP contribution >= 0.6 is 0 Å². The Bertz CT molecular complexity index is 849. The highest BCUT2D eigenvalue weighted by Gasteiger charge is 2.44. The monoisotopic (exact) mass is 399 g/mol. The van der Waals surface area contributed by atoms with Gasteiger partial charge >= 0.3 is 6.09 Å². The summed E-state index contributed by atoms with van der Waals surface area (Å²) in [4.78, 5) is 22.2. The second kappa shape index (κ2) is 7.40. The van der Waals surface area contributed by atoms with E-state index in [1.165, 1.54) is 6.20 Å². The highest BCUT2D eigenvalue weighted by Crippen LogP contribution is 2.36. The Morgan fingerprint density at radius 1 is 1.34 bits per heavy atom. The quantitative estimate of drug-likeness (QED) is 0.791. The molecule has 1 saturated carbocycles. The molecule has 0 spiro atoms. The van der Waals surface area contributed by atoms with Crippen molar-refractivity contribution in [1.29, 1.82) is 0 Å². The molecule has 1 saturated heterocycles. The lowest BCUT2D eigenvalue weighted by molar-refractivity contribution is 0.0526. The van der Waals surface area contributed by atoms with Crippen molar-refractivity contribution in [3.05, 3.63) is 40.9 Å². The Morgan fingerprint density at radius 3 is 2.93 bits per heavy atom. The van der Waals surface area contributed by atoms with E-state index in [1.54, 1.807) is 17.3 Å². The predicted molar refractivity (Wildman–Crippen MR) is 106 cm³/mol. The minimum absolute atomic E-state index is 0.0721. The van der Waals surface area contributed by atoms with Gasteiger partial charge in [0.05, 0.1) is 12.7 Å². The molecule has 2 aliphatic heterocycles. The van der Waals surface area contributed by atoms with Crippen molar-refractivity contribution in [2.24, 2.45) is 16.8 Å². The van der Waals surface area contributed by atoms with Gasteiger partial charge in [0.25, 0.3) is 0 Å². The first-order chi connectivity index (χ1) is 14.1. The van der Waals surface area contributed by atoms with Gasteiger partial charge in [-0.15, -0.1) is 0 Å². The second-order valence-electron chi connectivity index (χ2n) is 8.51.